The van der Waals surface area contributed by atoms with E-state index in [1.807, 2.05) is 0 Å². The van der Waals surface area contributed by atoms with E-state index >= 15 is 0 Å². The lowest BCUT2D eigenvalue weighted by Crippen LogP contribution is -3.06. The van der Waals surface area contributed by atoms with Crippen LogP contribution in [-0.4, -0.2) is 25.8 Å². The van der Waals surface area contributed by atoms with Gasteiger partial charge < -0.3 is 15.5 Å². The average Bonchev–Trinajstić information content (AvgIpc) is 3.08. The molecule has 130 valence electrons. The first-order valence-electron chi connectivity index (χ1n) is 8.57. The zero-order valence-corrected chi connectivity index (χ0v) is 16.4. The van der Waals surface area contributed by atoms with Crippen molar-refractivity contribution < 1.29 is 4.90 Å². The summed E-state index contributed by atoms with van der Waals surface area (Å²) in [7, 11) is 4.36. The largest absolute Gasteiger partial charge is 0.356 e. The maximum atomic E-state index is 5.45. The maximum Gasteiger partial charge on any atom is 0.171 e. The molecular formula is C19H28N3S2+. The predicted molar refractivity (Wildman–Crippen MR) is 109 cm³/mol. The molecule has 1 heterocycles. The number of thiocarbonyl (C=S) groups is 1. The molecule has 0 radical (unpaired) electrons. The molecule has 2 aromatic rings. The van der Waals surface area contributed by atoms with Crippen molar-refractivity contribution in [3.8, 4) is 0 Å². The average molecular weight is 363 g/mol. The van der Waals surface area contributed by atoms with E-state index in [1.165, 1.54) is 28.2 Å². The van der Waals surface area contributed by atoms with Gasteiger partial charge in [0.15, 0.2) is 5.11 Å². The first-order chi connectivity index (χ1) is 11.6. The zero-order valence-electron chi connectivity index (χ0n) is 14.8. The Morgan fingerprint density at radius 3 is 2.54 bits per heavy atom. The molecule has 3 nitrogen and oxygen atoms in total. The number of nitrogens with one attached hydrogen (secondary N) is 3. The van der Waals surface area contributed by atoms with Gasteiger partial charge in [0.1, 0.15) is 6.04 Å². The molecule has 2 rings (SSSR count). The molecule has 0 bridgehead atoms. The highest BCUT2D eigenvalue weighted by Crippen LogP contribution is 2.16. The molecule has 0 spiro atoms. The number of benzene rings is 1. The summed E-state index contributed by atoms with van der Waals surface area (Å²) in [4.78, 5) is 2.78. The number of anilines is 1. The number of hydrogen-bond donors (Lipinski definition) is 3. The normalized spacial score (nSPS) is 12.2. The first kappa shape index (κ1) is 18.9. The number of thiophene rings is 1. The van der Waals surface area contributed by atoms with Gasteiger partial charge in [-0.1, -0.05) is 31.5 Å². The highest BCUT2D eigenvalue weighted by molar-refractivity contribution is 7.80. The van der Waals surface area contributed by atoms with E-state index in [1.54, 1.807) is 11.3 Å². The lowest BCUT2D eigenvalue weighted by Gasteiger charge is -2.21. The summed E-state index contributed by atoms with van der Waals surface area (Å²) in [5.74, 6) is 0. The van der Waals surface area contributed by atoms with E-state index < -0.39 is 0 Å². The van der Waals surface area contributed by atoms with Crippen LogP contribution in [0.2, 0.25) is 0 Å². The quantitative estimate of drug-likeness (QED) is 0.630. The van der Waals surface area contributed by atoms with Crippen molar-refractivity contribution in [3.63, 3.8) is 0 Å². The molecular weight excluding hydrogens is 334 g/mol. The molecule has 5 heteroatoms. The minimum Gasteiger partial charge on any atom is -0.356 e. The first-order valence-corrected chi connectivity index (χ1v) is 9.86. The van der Waals surface area contributed by atoms with Crippen LogP contribution in [0.4, 0.5) is 5.69 Å². The molecule has 0 saturated carbocycles. The van der Waals surface area contributed by atoms with Crippen molar-refractivity contribution in [1.29, 1.82) is 0 Å². The van der Waals surface area contributed by atoms with E-state index in [0.29, 0.717) is 11.2 Å². The molecule has 0 aliphatic heterocycles. The standard InChI is InChI=1S/C19H27N3S2/c1-4-5-7-15-9-11-16(12-10-15)21-19(23)20-14-17(22(2)3)18-8-6-13-24-18/h6,8-13,17H,4-5,7,14H2,1-3H3,(H2,20,21,23)/p+1/t17-/m1/s1. The summed E-state index contributed by atoms with van der Waals surface area (Å²) in [5.41, 5.74) is 2.42. The van der Waals surface area contributed by atoms with E-state index in [2.05, 4.69) is 73.4 Å². The topological polar surface area (TPSA) is 28.5 Å². The number of aryl methyl sites for hydroxylation is 1. The van der Waals surface area contributed by atoms with Crippen molar-refractivity contribution in [1.82, 2.24) is 5.32 Å². The number of quaternary nitrogens is 1. The highest BCUT2D eigenvalue weighted by Gasteiger charge is 2.18. The van der Waals surface area contributed by atoms with Crippen LogP contribution >= 0.6 is 23.6 Å². The fourth-order valence-electron chi connectivity index (χ4n) is 2.58. The third-order valence-corrected chi connectivity index (χ3v) is 5.31. The molecule has 0 aliphatic carbocycles. The molecule has 1 aromatic carbocycles. The van der Waals surface area contributed by atoms with Gasteiger partial charge in [-0.25, -0.2) is 0 Å². The van der Waals surface area contributed by atoms with Crippen LogP contribution in [0.1, 0.15) is 36.2 Å². The molecule has 0 amide bonds. The lowest BCUT2D eigenvalue weighted by molar-refractivity contribution is -0.890. The Labute approximate surface area is 155 Å². The fourth-order valence-corrected chi connectivity index (χ4v) is 3.74. The predicted octanol–water partition coefficient (Wildman–Crippen LogP) is 3.26. The maximum absolute atomic E-state index is 5.45. The van der Waals surface area contributed by atoms with Crippen LogP contribution in [0.25, 0.3) is 0 Å². The molecule has 0 fully saturated rings. The van der Waals surface area contributed by atoms with Gasteiger partial charge >= 0.3 is 0 Å². The van der Waals surface area contributed by atoms with Crippen LogP contribution in [0.15, 0.2) is 41.8 Å². The number of hydrogen-bond acceptors (Lipinski definition) is 2. The summed E-state index contributed by atoms with van der Waals surface area (Å²) >= 11 is 7.24. The molecule has 24 heavy (non-hydrogen) atoms. The second kappa shape index (κ2) is 9.77. The smallest absolute Gasteiger partial charge is 0.171 e. The lowest BCUT2D eigenvalue weighted by atomic mass is 10.1. The van der Waals surface area contributed by atoms with E-state index in [4.69, 9.17) is 12.2 Å². The van der Waals surface area contributed by atoms with E-state index in [-0.39, 0.29) is 0 Å². The summed E-state index contributed by atoms with van der Waals surface area (Å²) in [6.07, 6.45) is 3.62. The fraction of sp³-hybridized carbons (Fsp3) is 0.421. The van der Waals surface area contributed by atoms with Gasteiger partial charge in [-0.3, -0.25) is 0 Å². The van der Waals surface area contributed by atoms with E-state index in [0.717, 1.165) is 18.7 Å². The zero-order chi connectivity index (χ0) is 17.4. The van der Waals surface area contributed by atoms with Crippen molar-refractivity contribution in [2.45, 2.75) is 32.2 Å². The number of unbranched alkanes of at least 4 members (excludes halogenated alkanes) is 1. The van der Waals surface area contributed by atoms with E-state index in [9.17, 15) is 0 Å². The Morgan fingerprint density at radius 2 is 1.96 bits per heavy atom. The Balaban J connectivity index is 1.84. The van der Waals surface area contributed by atoms with Gasteiger partial charge in [-0.05, 0) is 54.2 Å². The van der Waals surface area contributed by atoms with Gasteiger partial charge in [0.05, 0.1) is 25.5 Å². The van der Waals surface area contributed by atoms with Crippen molar-refractivity contribution in [3.05, 3.63) is 52.2 Å². The Hall–Kier alpha value is -1.43. The molecule has 1 atom stereocenters. The monoisotopic (exact) mass is 362 g/mol. The van der Waals surface area contributed by atoms with Crippen LogP contribution in [-0.2, 0) is 6.42 Å². The minimum atomic E-state index is 0.404. The third kappa shape index (κ3) is 5.89. The van der Waals surface area contributed by atoms with Gasteiger partial charge in [-0.15, -0.1) is 11.3 Å². The molecule has 3 N–H and O–H groups in total. The van der Waals surface area contributed by atoms with Crippen molar-refractivity contribution in [2.24, 2.45) is 0 Å². The van der Waals surface area contributed by atoms with Crippen LogP contribution < -0.4 is 15.5 Å². The Bertz CT molecular complexity index is 606. The summed E-state index contributed by atoms with van der Waals surface area (Å²) in [5, 5.41) is 9.44. The summed E-state index contributed by atoms with van der Waals surface area (Å²) in [6, 6.07) is 13.3. The van der Waals surface area contributed by atoms with Crippen LogP contribution in [0.5, 0.6) is 0 Å². The second-order valence-electron chi connectivity index (χ2n) is 6.28. The van der Waals surface area contributed by atoms with Gasteiger partial charge in [-0.2, -0.15) is 0 Å². The van der Waals surface area contributed by atoms with Crippen molar-refractivity contribution in [2.75, 3.05) is 26.0 Å². The van der Waals surface area contributed by atoms with Gasteiger partial charge in [0.2, 0.25) is 0 Å². The Morgan fingerprint density at radius 1 is 1.21 bits per heavy atom. The SMILES string of the molecule is CCCCc1ccc(NC(=S)NC[C@H](c2cccs2)[NH+](C)C)cc1. The van der Waals surface area contributed by atoms with Crippen molar-refractivity contribution >= 4 is 34.4 Å². The molecule has 0 saturated heterocycles. The number of rotatable bonds is 8. The van der Waals surface area contributed by atoms with Crippen LogP contribution in [0, 0.1) is 0 Å². The molecule has 0 aliphatic rings. The summed E-state index contributed by atoms with van der Waals surface area (Å²) in [6.45, 7) is 3.04. The van der Waals surface area contributed by atoms with Gasteiger partial charge in [0, 0.05) is 5.69 Å². The summed E-state index contributed by atoms with van der Waals surface area (Å²) < 4.78 is 0. The van der Waals surface area contributed by atoms with Gasteiger partial charge in [0.25, 0.3) is 0 Å². The van der Waals surface area contributed by atoms with Crippen LogP contribution in [0.3, 0.4) is 0 Å². The molecule has 0 unspecified atom stereocenters. The minimum absolute atomic E-state index is 0.404. The number of likely N-dealkylation sites (N-methyl/N-ethyl adjacent to an activating group) is 1. The second-order valence-corrected chi connectivity index (χ2v) is 7.67. The highest BCUT2D eigenvalue weighted by atomic mass is 32.1. The third-order valence-electron chi connectivity index (χ3n) is 4.08. The Kier molecular flexibility index (Phi) is 7.69. The molecule has 1 aromatic heterocycles.